The maximum atomic E-state index is 14.2. The molecule has 2 aromatic carbocycles. The minimum atomic E-state index is 0.0385. The number of ether oxygens (including phenoxy) is 2. The summed E-state index contributed by atoms with van der Waals surface area (Å²) in [7, 11) is 0. The van der Waals surface area contributed by atoms with E-state index in [0.717, 1.165) is 85.9 Å². The van der Waals surface area contributed by atoms with Gasteiger partial charge in [-0.15, -0.1) is 0 Å². The highest BCUT2D eigenvalue weighted by atomic mass is 16.5. The van der Waals surface area contributed by atoms with Crippen LogP contribution in [0, 0.1) is 11.3 Å². The Labute approximate surface area is 240 Å². The molecule has 2 fully saturated rings. The zero-order valence-corrected chi connectivity index (χ0v) is 23.7. The second-order valence-corrected chi connectivity index (χ2v) is 11.3. The van der Waals surface area contributed by atoms with Crippen LogP contribution < -0.4 is 5.56 Å². The van der Waals surface area contributed by atoms with Gasteiger partial charge in [0, 0.05) is 24.6 Å². The van der Waals surface area contributed by atoms with E-state index >= 15 is 0 Å². The molecule has 8 nitrogen and oxygen atoms in total. The standard InChI is InChI=1S/C33H37N5O3/c1-2-6-31-30(19-23-10-12-24(13-11-23)29-9-4-3-7-25(29)20-34)32(39)37(33-35-22-36-38(31)33)26-14-16-27(17-15-26)41-21-28-8-5-18-40-28/h3-4,7,9-13,22,26-28H,2,5-6,8,14-19,21H2,1H3/t26-,27-,28?. The van der Waals surface area contributed by atoms with Crippen LogP contribution in [-0.2, 0) is 22.3 Å². The Hall–Kier alpha value is -3.80. The predicted octanol–water partition coefficient (Wildman–Crippen LogP) is 5.65. The fraction of sp³-hybridized carbons (Fsp3) is 0.455. The molecule has 41 heavy (non-hydrogen) atoms. The van der Waals surface area contributed by atoms with Crippen molar-refractivity contribution in [2.75, 3.05) is 13.2 Å². The van der Waals surface area contributed by atoms with Crippen molar-refractivity contribution < 1.29 is 9.47 Å². The summed E-state index contributed by atoms with van der Waals surface area (Å²) in [5.74, 6) is 0.634. The van der Waals surface area contributed by atoms with Gasteiger partial charge in [0.2, 0.25) is 5.78 Å². The summed E-state index contributed by atoms with van der Waals surface area (Å²) in [4.78, 5) is 18.8. The molecule has 4 aromatic rings. The lowest BCUT2D eigenvalue weighted by Crippen LogP contribution is -2.35. The van der Waals surface area contributed by atoms with E-state index in [0.29, 0.717) is 24.4 Å². The van der Waals surface area contributed by atoms with Crippen molar-refractivity contribution >= 4 is 5.78 Å². The number of fused-ring (bicyclic) bond motifs is 1. The van der Waals surface area contributed by atoms with Crippen molar-refractivity contribution in [3.63, 3.8) is 0 Å². The van der Waals surface area contributed by atoms with Gasteiger partial charge in [-0.25, -0.2) is 4.52 Å². The molecule has 1 saturated heterocycles. The summed E-state index contributed by atoms with van der Waals surface area (Å²) in [6, 6.07) is 18.2. The minimum absolute atomic E-state index is 0.0385. The van der Waals surface area contributed by atoms with E-state index < -0.39 is 0 Å². The fourth-order valence-electron chi connectivity index (χ4n) is 6.41. The highest BCUT2D eigenvalue weighted by Crippen LogP contribution is 2.31. The number of aromatic nitrogens is 4. The van der Waals surface area contributed by atoms with Gasteiger partial charge in [0.1, 0.15) is 6.33 Å². The molecule has 1 aliphatic carbocycles. The normalized spacial score (nSPS) is 20.8. The second kappa shape index (κ2) is 12.4. The summed E-state index contributed by atoms with van der Waals surface area (Å²) in [6.45, 7) is 3.63. The van der Waals surface area contributed by atoms with Gasteiger partial charge in [0.25, 0.3) is 5.56 Å². The quantitative estimate of drug-likeness (QED) is 0.267. The summed E-state index contributed by atoms with van der Waals surface area (Å²) in [5, 5.41) is 14.1. The Balaban J connectivity index is 1.27. The molecule has 212 valence electrons. The van der Waals surface area contributed by atoms with Crippen molar-refractivity contribution in [1.82, 2.24) is 19.2 Å². The molecule has 1 atom stereocenters. The number of hydrogen-bond donors (Lipinski definition) is 0. The molecular weight excluding hydrogens is 514 g/mol. The van der Waals surface area contributed by atoms with E-state index in [1.165, 1.54) is 0 Å². The lowest BCUT2D eigenvalue weighted by atomic mass is 9.92. The summed E-state index contributed by atoms with van der Waals surface area (Å²) >= 11 is 0. The van der Waals surface area contributed by atoms with Crippen molar-refractivity contribution in [3.05, 3.63) is 87.6 Å². The molecule has 8 heteroatoms. The van der Waals surface area contributed by atoms with Gasteiger partial charge >= 0.3 is 0 Å². The Bertz CT molecular complexity index is 1590. The van der Waals surface area contributed by atoms with Crippen molar-refractivity contribution in [1.29, 1.82) is 5.26 Å². The first-order chi connectivity index (χ1) is 20.2. The third-order valence-corrected chi connectivity index (χ3v) is 8.56. The Morgan fingerprint density at radius 3 is 2.61 bits per heavy atom. The van der Waals surface area contributed by atoms with Gasteiger partial charge in [-0.05, 0) is 67.7 Å². The largest absolute Gasteiger partial charge is 0.376 e. The SMILES string of the molecule is CCCc1c(Cc2ccc(-c3ccccc3C#N)cc2)c(=O)n([C@H]2CC[C@H](OCC3CCCO3)CC2)c2ncnn12. The van der Waals surface area contributed by atoms with Gasteiger partial charge in [-0.3, -0.25) is 9.36 Å². The number of nitriles is 1. The number of rotatable bonds is 9. The van der Waals surface area contributed by atoms with Crippen LogP contribution in [0.5, 0.6) is 0 Å². The Morgan fingerprint density at radius 1 is 1.07 bits per heavy atom. The third-order valence-electron chi connectivity index (χ3n) is 8.56. The van der Waals surface area contributed by atoms with E-state index in [-0.39, 0.29) is 23.8 Å². The van der Waals surface area contributed by atoms with Gasteiger partial charge < -0.3 is 9.47 Å². The highest BCUT2D eigenvalue weighted by molar-refractivity contribution is 5.70. The van der Waals surface area contributed by atoms with Crippen LogP contribution in [0.2, 0.25) is 0 Å². The summed E-state index contributed by atoms with van der Waals surface area (Å²) in [6.07, 6.45) is 9.96. The summed E-state index contributed by atoms with van der Waals surface area (Å²) in [5.41, 5.74) is 5.36. The monoisotopic (exact) mass is 551 g/mol. The van der Waals surface area contributed by atoms with Crippen molar-refractivity contribution in [2.24, 2.45) is 0 Å². The Kier molecular flexibility index (Phi) is 8.26. The number of hydrogen-bond acceptors (Lipinski definition) is 6. The van der Waals surface area contributed by atoms with Crippen LogP contribution in [-0.4, -0.2) is 44.6 Å². The average molecular weight is 552 g/mol. The molecule has 2 aliphatic rings. The molecule has 1 aliphatic heterocycles. The van der Waals surface area contributed by atoms with E-state index in [9.17, 15) is 10.1 Å². The average Bonchev–Trinajstić information content (AvgIpc) is 3.72. The first-order valence-corrected chi connectivity index (χ1v) is 14.9. The molecule has 0 bridgehead atoms. The van der Waals surface area contributed by atoms with Crippen molar-refractivity contribution in [3.8, 4) is 17.2 Å². The van der Waals surface area contributed by atoms with Gasteiger partial charge in [0.05, 0.1) is 36.1 Å². The maximum absolute atomic E-state index is 14.2. The molecule has 0 amide bonds. The molecule has 2 aromatic heterocycles. The molecule has 6 rings (SSSR count). The van der Waals surface area contributed by atoms with E-state index in [4.69, 9.17) is 9.47 Å². The van der Waals surface area contributed by atoms with Gasteiger partial charge in [-0.2, -0.15) is 15.3 Å². The molecule has 0 N–H and O–H groups in total. The van der Waals surface area contributed by atoms with Crippen LogP contribution in [0.25, 0.3) is 16.9 Å². The Morgan fingerprint density at radius 2 is 1.88 bits per heavy atom. The van der Waals surface area contributed by atoms with Crippen LogP contribution in [0.3, 0.4) is 0 Å². The number of benzene rings is 2. The minimum Gasteiger partial charge on any atom is -0.376 e. The summed E-state index contributed by atoms with van der Waals surface area (Å²) < 4.78 is 15.7. The highest BCUT2D eigenvalue weighted by Gasteiger charge is 2.29. The van der Waals surface area contributed by atoms with Crippen molar-refractivity contribution in [2.45, 2.75) is 83.0 Å². The molecule has 1 unspecified atom stereocenters. The third kappa shape index (κ3) is 5.70. The van der Waals surface area contributed by atoms with Crippen LogP contribution >= 0.6 is 0 Å². The molecule has 3 heterocycles. The first kappa shape index (κ1) is 27.4. The first-order valence-electron chi connectivity index (χ1n) is 14.9. The fourth-order valence-corrected chi connectivity index (χ4v) is 6.41. The second-order valence-electron chi connectivity index (χ2n) is 11.3. The lowest BCUT2D eigenvalue weighted by Gasteiger charge is -2.31. The molecule has 0 radical (unpaired) electrons. The number of nitrogens with zero attached hydrogens (tertiary/aromatic N) is 5. The zero-order valence-electron chi connectivity index (χ0n) is 23.7. The van der Waals surface area contributed by atoms with Crippen LogP contribution in [0.4, 0.5) is 0 Å². The molecular formula is C33H37N5O3. The smallest absolute Gasteiger partial charge is 0.259 e. The van der Waals surface area contributed by atoms with E-state index in [1.54, 1.807) is 6.33 Å². The number of aryl methyl sites for hydroxylation is 1. The topological polar surface area (TPSA) is 94.4 Å². The van der Waals surface area contributed by atoms with E-state index in [2.05, 4.69) is 35.2 Å². The zero-order chi connectivity index (χ0) is 28.2. The van der Waals surface area contributed by atoms with Gasteiger partial charge in [0.15, 0.2) is 0 Å². The maximum Gasteiger partial charge on any atom is 0.259 e. The van der Waals surface area contributed by atoms with Gasteiger partial charge in [-0.1, -0.05) is 55.8 Å². The van der Waals surface area contributed by atoms with Crippen LogP contribution in [0.15, 0.2) is 59.7 Å². The van der Waals surface area contributed by atoms with E-state index in [1.807, 2.05) is 45.5 Å². The lowest BCUT2D eigenvalue weighted by molar-refractivity contribution is -0.0366. The van der Waals surface area contributed by atoms with Crippen LogP contribution in [0.1, 0.15) is 80.3 Å². The predicted molar refractivity (Wildman–Crippen MR) is 157 cm³/mol. The molecule has 1 saturated carbocycles. The molecule has 0 spiro atoms.